The van der Waals surface area contributed by atoms with Crippen LogP contribution in [-0.2, 0) is 13.0 Å². The molecule has 0 aliphatic carbocycles. The molecule has 5 heteroatoms. The summed E-state index contributed by atoms with van der Waals surface area (Å²) < 4.78 is 0. The zero-order valence-electron chi connectivity index (χ0n) is 11.5. The largest absolute Gasteiger partial charge is 0.488 e. The number of rotatable bonds is 3. The zero-order chi connectivity index (χ0) is 14.1. The third-order valence-electron chi connectivity index (χ3n) is 4.07. The molecule has 1 aliphatic heterocycles. The Bertz CT molecular complexity index is 582. The van der Waals surface area contributed by atoms with Gasteiger partial charge in [-0.1, -0.05) is 24.3 Å². The molecule has 2 heterocycles. The lowest BCUT2D eigenvalue weighted by atomic mass is 9.80. The first kappa shape index (κ1) is 13.8. The van der Waals surface area contributed by atoms with Crippen LogP contribution in [0.5, 0.6) is 0 Å². The summed E-state index contributed by atoms with van der Waals surface area (Å²) >= 11 is 1.86. The van der Waals surface area contributed by atoms with Crippen LogP contribution in [0, 0.1) is 0 Å². The van der Waals surface area contributed by atoms with Crippen LogP contribution in [0.4, 0.5) is 0 Å². The highest BCUT2D eigenvalue weighted by molar-refractivity contribution is 7.10. The second kappa shape index (κ2) is 5.70. The van der Waals surface area contributed by atoms with Gasteiger partial charge in [0.15, 0.2) is 0 Å². The van der Waals surface area contributed by atoms with E-state index in [1.807, 2.05) is 23.5 Å². The molecule has 1 aromatic heterocycles. The van der Waals surface area contributed by atoms with E-state index in [1.165, 1.54) is 16.0 Å². The maximum atomic E-state index is 9.11. The van der Waals surface area contributed by atoms with Crippen molar-refractivity contribution >= 4 is 23.9 Å². The van der Waals surface area contributed by atoms with Gasteiger partial charge in [0.25, 0.3) is 0 Å². The fourth-order valence-corrected chi connectivity index (χ4v) is 3.77. The Morgan fingerprint density at radius 1 is 1.25 bits per heavy atom. The van der Waals surface area contributed by atoms with Gasteiger partial charge >= 0.3 is 7.12 Å². The minimum absolute atomic E-state index is 0.452. The minimum atomic E-state index is -1.38. The maximum absolute atomic E-state index is 9.11. The molecule has 20 heavy (non-hydrogen) atoms. The van der Waals surface area contributed by atoms with Crippen molar-refractivity contribution < 1.29 is 10.0 Å². The second-order valence-electron chi connectivity index (χ2n) is 5.31. The van der Waals surface area contributed by atoms with Crippen LogP contribution in [0.25, 0.3) is 0 Å². The summed E-state index contributed by atoms with van der Waals surface area (Å²) in [4.78, 5) is 3.99. The van der Waals surface area contributed by atoms with Crippen molar-refractivity contribution in [3.05, 3.63) is 51.7 Å². The van der Waals surface area contributed by atoms with Gasteiger partial charge in [0, 0.05) is 24.0 Å². The quantitative estimate of drug-likeness (QED) is 0.842. The molecule has 0 saturated carbocycles. The number of fused-ring (bicyclic) bond motifs is 1. The summed E-state index contributed by atoms with van der Waals surface area (Å²) in [6.07, 6.45) is 1.13. The van der Waals surface area contributed by atoms with Gasteiger partial charge in [-0.25, -0.2) is 0 Å². The standard InChI is InChI=1S/C15H18BNO2S/c1-11-14-7-9-20-15(14)6-8-17(11)10-12-2-4-13(5-3-12)16(18)19/h2-5,7,9,11,18-19H,6,8,10H2,1H3. The molecule has 1 unspecified atom stereocenters. The van der Waals surface area contributed by atoms with E-state index >= 15 is 0 Å². The Morgan fingerprint density at radius 2 is 2.00 bits per heavy atom. The summed E-state index contributed by atoms with van der Waals surface area (Å²) in [5.74, 6) is 0. The average molecular weight is 287 g/mol. The Morgan fingerprint density at radius 3 is 2.70 bits per heavy atom. The number of thiophene rings is 1. The summed E-state index contributed by atoms with van der Waals surface area (Å²) in [5, 5.41) is 20.4. The van der Waals surface area contributed by atoms with Crippen molar-refractivity contribution in [3.63, 3.8) is 0 Å². The van der Waals surface area contributed by atoms with Crippen molar-refractivity contribution in [2.45, 2.75) is 25.9 Å². The van der Waals surface area contributed by atoms with Gasteiger partial charge in [0.05, 0.1) is 0 Å². The van der Waals surface area contributed by atoms with Gasteiger partial charge in [0.1, 0.15) is 0 Å². The summed E-state index contributed by atoms with van der Waals surface area (Å²) in [5.41, 5.74) is 3.21. The normalized spacial score (nSPS) is 18.9. The minimum Gasteiger partial charge on any atom is -0.423 e. The molecule has 0 spiro atoms. The predicted molar refractivity (Wildman–Crippen MR) is 83.1 cm³/mol. The molecule has 2 aromatic rings. The lowest BCUT2D eigenvalue weighted by Gasteiger charge is -2.33. The molecule has 1 atom stereocenters. The molecule has 1 aromatic carbocycles. The fraction of sp³-hybridized carbons (Fsp3) is 0.333. The van der Waals surface area contributed by atoms with E-state index in [1.54, 1.807) is 12.1 Å². The van der Waals surface area contributed by atoms with E-state index in [9.17, 15) is 0 Å². The molecule has 0 saturated heterocycles. The van der Waals surface area contributed by atoms with Crippen LogP contribution >= 0.6 is 11.3 Å². The molecular weight excluding hydrogens is 269 g/mol. The highest BCUT2D eigenvalue weighted by Gasteiger charge is 2.24. The maximum Gasteiger partial charge on any atom is 0.488 e. The predicted octanol–water partition coefficient (Wildman–Crippen LogP) is 1.55. The summed E-state index contributed by atoms with van der Waals surface area (Å²) in [7, 11) is -1.38. The van der Waals surface area contributed by atoms with Crippen molar-refractivity contribution in [2.24, 2.45) is 0 Å². The van der Waals surface area contributed by atoms with Crippen molar-refractivity contribution in [2.75, 3.05) is 6.54 Å². The van der Waals surface area contributed by atoms with Crippen LogP contribution in [0.2, 0.25) is 0 Å². The highest BCUT2D eigenvalue weighted by atomic mass is 32.1. The van der Waals surface area contributed by atoms with Gasteiger partial charge in [0.2, 0.25) is 0 Å². The van der Waals surface area contributed by atoms with Gasteiger partial charge in [-0.15, -0.1) is 11.3 Å². The SMILES string of the molecule is CC1c2ccsc2CCN1Cc1ccc(B(O)O)cc1. The van der Waals surface area contributed by atoms with E-state index in [-0.39, 0.29) is 0 Å². The molecule has 0 radical (unpaired) electrons. The summed E-state index contributed by atoms with van der Waals surface area (Å²) in [6.45, 7) is 4.24. The van der Waals surface area contributed by atoms with Gasteiger partial charge in [-0.2, -0.15) is 0 Å². The van der Waals surface area contributed by atoms with Gasteiger partial charge in [-0.3, -0.25) is 4.90 Å². The molecule has 3 nitrogen and oxygen atoms in total. The van der Waals surface area contributed by atoms with E-state index in [0.29, 0.717) is 11.5 Å². The Labute approximate surface area is 123 Å². The van der Waals surface area contributed by atoms with Crippen molar-refractivity contribution in [1.29, 1.82) is 0 Å². The highest BCUT2D eigenvalue weighted by Crippen LogP contribution is 2.33. The van der Waals surface area contributed by atoms with Crippen LogP contribution in [-0.4, -0.2) is 28.6 Å². The molecule has 104 valence electrons. The smallest absolute Gasteiger partial charge is 0.423 e. The summed E-state index contributed by atoms with van der Waals surface area (Å²) in [6, 6.07) is 10.2. The molecule has 0 bridgehead atoms. The van der Waals surface area contributed by atoms with Crippen LogP contribution in [0.3, 0.4) is 0 Å². The van der Waals surface area contributed by atoms with Crippen molar-refractivity contribution in [3.8, 4) is 0 Å². The topological polar surface area (TPSA) is 43.7 Å². The fourth-order valence-electron chi connectivity index (χ4n) is 2.81. The molecule has 0 fully saturated rings. The lowest BCUT2D eigenvalue weighted by Crippen LogP contribution is -2.33. The third-order valence-corrected chi connectivity index (χ3v) is 5.06. The molecule has 0 amide bonds. The first-order valence-corrected chi connectivity index (χ1v) is 7.78. The number of hydrogen-bond donors (Lipinski definition) is 2. The number of benzene rings is 1. The Balaban J connectivity index is 1.72. The first-order valence-electron chi connectivity index (χ1n) is 6.90. The number of hydrogen-bond acceptors (Lipinski definition) is 4. The van der Waals surface area contributed by atoms with Gasteiger partial charge < -0.3 is 10.0 Å². The van der Waals surface area contributed by atoms with E-state index in [4.69, 9.17) is 10.0 Å². The Kier molecular flexibility index (Phi) is 3.94. The van der Waals surface area contributed by atoms with E-state index < -0.39 is 7.12 Å². The van der Waals surface area contributed by atoms with Crippen LogP contribution < -0.4 is 5.46 Å². The van der Waals surface area contributed by atoms with E-state index in [0.717, 1.165) is 19.5 Å². The molecule has 3 rings (SSSR count). The lowest BCUT2D eigenvalue weighted by molar-refractivity contribution is 0.191. The zero-order valence-corrected chi connectivity index (χ0v) is 12.3. The monoisotopic (exact) mass is 287 g/mol. The van der Waals surface area contributed by atoms with E-state index in [2.05, 4.69) is 23.3 Å². The first-order chi connectivity index (χ1) is 9.65. The molecule has 2 N–H and O–H groups in total. The van der Waals surface area contributed by atoms with Gasteiger partial charge in [-0.05, 0) is 41.4 Å². The molecule has 1 aliphatic rings. The molecular formula is C15H18BNO2S. The number of nitrogens with zero attached hydrogens (tertiary/aromatic N) is 1. The van der Waals surface area contributed by atoms with Crippen molar-refractivity contribution in [1.82, 2.24) is 4.90 Å². The Hall–Kier alpha value is -1.14. The third kappa shape index (κ3) is 2.67. The average Bonchev–Trinajstić information content (AvgIpc) is 2.92. The van der Waals surface area contributed by atoms with Crippen LogP contribution in [0.1, 0.15) is 29.0 Å². The second-order valence-corrected chi connectivity index (χ2v) is 6.31. The van der Waals surface area contributed by atoms with Crippen LogP contribution in [0.15, 0.2) is 35.7 Å².